The number of nitrogens with zero attached hydrogens (tertiary/aromatic N) is 2. The molecule has 3 heterocycles. The lowest BCUT2D eigenvalue weighted by Crippen LogP contribution is -2.67. The number of aryl methyl sites for hydroxylation is 1. The third kappa shape index (κ3) is 4.18. The fourth-order valence-electron chi connectivity index (χ4n) is 6.03. The predicted molar refractivity (Wildman–Crippen MR) is 126 cm³/mol. The van der Waals surface area contributed by atoms with Crippen molar-refractivity contribution in [3.05, 3.63) is 58.9 Å². The maximum atomic E-state index is 14.5. The fourth-order valence-corrected chi connectivity index (χ4v) is 6.72. The molecule has 3 fully saturated rings. The third-order valence-corrected chi connectivity index (χ3v) is 9.62. The van der Waals surface area contributed by atoms with Crippen LogP contribution in [0.4, 0.5) is 13.2 Å². The van der Waals surface area contributed by atoms with Gasteiger partial charge >= 0.3 is 6.18 Å². The fraction of sp³-hybridized carbons (Fsp3) is 0.560. The van der Waals surface area contributed by atoms with Crippen molar-refractivity contribution < 1.29 is 26.3 Å². The van der Waals surface area contributed by atoms with Gasteiger partial charge in [0.15, 0.2) is 15.4 Å². The molecule has 1 aliphatic carbocycles. The number of alkyl halides is 3. The Labute approximate surface area is 208 Å². The van der Waals surface area contributed by atoms with Crippen molar-refractivity contribution in [2.75, 3.05) is 26.0 Å². The van der Waals surface area contributed by atoms with E-state index in [1.807, 2.05) is 24.3 Å². The summed E-state index contributed by atoms with van der Waals surface area (Å²) in [7, 11) is -3.39. The molecule has 2 atom stereocenters. The van der Waals surface area contributed by atoms with Gasteiger partial charge in [0.2, 0.25) is 0 Å². The van der Waals surface area contributed by atoms with E-state index in [4.69, 9.17) is 16.3 Å². The summed E-state index contributed by atoms with van der Waals surface area (Å²) >= 11 is 6.06. The molecule has 0 bridgehead atoms. The van der Waals surface area contributed by atoms with Crippen molar-refractivity contribution in [2.45, 2.75) is 60.7 Å². The van der Waals surface area contributed by atoms with Crippen LogP contribution in [-0.4, -0.2) is 56.0 Å². The highest BCUT2D eigenvalue weighted by molar-refractivity contribution is 7.90. The third-order valence-electron chi connectivity index (χ3n) is 8.27. The lowest BCUT2D eigenvalue weighted by Gasteiger charge is -2.54. The van der Waals surface area contributed by atoms with Crippen LogP contribution in [0.5, 0.6) is 0 Å². The molecule has 1 saturated carbocycles. The van der Waals surface area contributed by atoms with Crippen LogP contribution >= 0.6 is 11.6 Å². The molecule has 2 saturated heterocycles. The number of sulfone groups is 1. The van der Waals surface area contributed by atoms with E-state index < -0.39 is 27.0 Å². The first-order valence-electron chi connectivity index (χ1n) is 11.8. The average molecular weight is 529 g/mol. The predicted octanol–water partition coefficient (Wildman–Crippen LogP) is 5.17. The number of rotatable bonds is 7. The molecule has 5 rings (SSSR count). The van der Waals surface area contributed by atoms with Gasteiger partial charge in [-0.15, -0.1) is 0 Å². The monoisotopic (exact) mass is 528 g/mol. The van der Waals surface area contributed by atoms with E-state index >= 15 is 0 Å². The zero-order valence-electron chi connectivity index (χ0n) is 19.4. The number of aromatic nitrogens is 1. The molecule has 0 N–H and O–H groups in total. The van der Waals surface area contributed by atoms with Crippen LogP contribution in [0.25, 0.3) is 0 Å². The van der Waals surface area contributed by atoms with Gasteiger partial charge in [-0.1, -0.05) is 23.7 Å². The number of hydrogen-bond donors (Lipinski definition) is 0. The van der Waals surface area contributed by atoms with Crippen LogP contribution < -0.4 is 0 Å². The highest BCUT2D eigenvalue weighted by Crippen LogP contribution is 2.62. The Morgan fingerprint density at radius 3 is 2.26 bits per heavy atom. The van der Waals surface area contributed by atoms with Gasteiger partial charge in [0.25, 0.3) is 0 Å². The van der Waals surface area contributed by atoms with Gasteiger partial charge in [0, 0.05) is 47.1 Å². The molecule has 35 heavy (non-hydrogen) atoms. The van der Waals surface area contributed by atoms with E-state index in [1.54, 1.807) is 6.07 Å². The first kappa shape index (κ1) is 25.0. The van der Waals surface area contributed by atoms with Crippen LogP contribution in [0, 0.1) is 5.41 Å². The van der Waals surface area contributed by atoms with E-state index in [9.17, 15) is 21.6 Å². The number of ether oxygens (including phenoxy) is 1. The van der Waals surface area contributed by atoms with Gasteiger partial charge in [0.05, 0.1) is 11.5 Å². The van der Waals surface area contributed by atoms with Crippen LogP contribution in [0.15, 0.2) is 47.5 Å². The lowest BCUT2D eigenvalue weighted by atomic mass is 9.63. The van der Waals surface area contributed by atoms with E-state index in [2.05, 4.69) is 9.88 Å². The topological polar surface area (TPSA) is 59.5 Å². The summed E-state index contributed by atoms with van der Waals surface area (Å²) in [6, 6.07) is 10.7. The summed E-state index contributed by atoms with van der Waals surface area (Å²) < 4.78 is 72.5. The standard InChI is InChI=1S/C25H28ClF3N2O3S/c1-35(32,33)21-7-6-20(30-16-21)8-9-22(24(13-15-34-24)25(27,28)29)12-14-31(17-22)23(10-11-23)18-2-4-19(26)5-3-18/h2-7,16H,8-15,17H2,1H3/t22-,24-/m1/s1. The van der Waals surface area contributed by atoms with Gasteiger partial charge in [-0.25, -0.2) is 8.42 Å². The molecule has 5 nitrogen and oxygen atoms in total. The quantitative estimate of drug-likeness (QED) is 0.496. The Hall–Kier alpha value is -1.68. The molecule has 10 heteroatoms. The highest BCUT2D eigenvalue weighted by Gasteiger charge is 2.72. The molecule has 2 aromatic rings. The summed E-state index contributed by atoms with van der Waals surface area (Å²) in [5, 5.41) is 0.633. The van der Waals surface area contributed by atoms with Crippen molar-refractivity contribution in [3.63, 3.8) is 0 Å². The Kier molecular flexibility index (Phi) is 6.02. The smallest absolute Gasteiger partial charge is 0.365 e. The number of pyridine rings is 1. The first-order chi connectivity index (χ1) is 16.4. The number of benzene rings is 1. The second-order valence-corrected chi connectivity index (χ2v) is 12.6. The minimum absolute atomic E-state index is 0.0429. The molecule has 0 spiro atoms. The molecule has 1 aromatic carbocycles. The Balaban J connectivity index is 1.43. The molecule has 0 amide bonds. The van der Waals surface area contributed by atoms with Gasteiger partial charge < -0.3 is 4.74 Å². The highest BCUT2D eigenvalue weighted by atomic mass is 35.5. The average Bonchev–Trinajstić information content (AvgIpc) is 3.44. The van der Waals surface area contributed by atoms with Gasteiger partial charge in [0.1, 0.15) is 0 Å². The zero-order valence-corrected chi connectivity index (χ0v) is 21.0. The van der Waals surface area contributed by atoms with Crippen LogP contribution in [0.1, 0.15) is 43.4 Å². The van der Waals surface area contributed by atoms with Crippen molar-refractivity contribution in [2.24, 2.45) is 5.41 Å². The second-order valence-electron chi connectivity index (χ2n) is 10.2. The molecule has 0 unspecified atom stereocenters. The molecule has 190 valence electrons. The van der Waals surface area contributed by atoms with Gasteiger partial charge in [-0.2, -0.15) is 13.2 Å². The van der Waals surface area contributed by atoms with Crippen LogP contribution in [-0.2, 0) is 26.5 Å². The molecule has 1 aromatic heterocycles. The Morgan fingerprint density at radius 1 is 1.09 bits per heavy atom. The molecule has 3 aliphatic rings. The number of likely N-dealkylation sites (tertiary alicyclic amines) is 1. The van der Waals surface area contributed by atoms with Crippen molar-refractivity contribution in [3.8, 4) is 0 Å². The van der Waals surface area contributed by atoms with Gasteiger partial charge in [-0.05, 0) is 68.5 Å². The zero-order chi connectivity index (χ0) is 25.1. The normalized spacial score (nSPS) is 28.6. The maximum absolute atomic E-state index is 14.5. The number of hydrogen-bond acceptors (Lipinski definition) is 5. The van der Waals surface area contributed by atoms with E-state index in [0.29, 0.717) is 30.1 Å². The van der Waals surface area contributed by atoms with Gasteiger partial charge in [-0.3, -0.25) is 9.88 Å². The minimum atomic E-state index is -4.48. The first-order valence-corrected chi connectivity index (χ1v) is 14.0. The summed E-state index contributed by atoms with van der Waals surface area (Å²) in [6.45, 7) is 0.950. The van der Waals surface area contributed by atoms with Crippen molar-refractivity contribution in [1.82, 2.24) is 9.88 Å². The van der Waals surface area contributed by atoms with E-state index in [-0.39, 0.29) is 36.4 Å². The second kappa shape index (κ2) is 8.43. The molecular formula is C25H28ClF3N2O3S. The lowest BCUT2D eigenvalue weighted by molar-refractivity contribution is -0.366. The number of halogens is 4. The summed E-state index contributed by atoms with van der Waals surface area (Å²) in [5.74, 6) is 0. The van der Waals surface area contributed by atoms with E-state index in [0.717, 1.165) is 24.7 Å². The maximum Gasteiger partial charge on any atom is 0.418 e. The Morgan fingerprint density at radius 2 is 1.77 bits per heavy atom. The van der Waals surface area contributed by atoms with Crippen molar-refractivity contribution in [1.29, 1.82) is 0 Å². The van der Waals surface area contributed by atoms with Crippen LogP contribution in [0.2, 0.25) is 5.02 Å². The van der Waals surface area contributed by atoms with Crippen molar-refractivity contribution >= 4 is 21.4 Å². The molecule has 2 aliphatic heterocycles. The Bertz CT molecular complexity index is 1190. The van der Waals surface area contributed by atoms with Crippen LogP contribution in [0.3, 0.4) is 0 Å². The summed E-state index contributed by atoms with van der Waals surface area (Å²) in [6.07, 6.45) is 0.600. The SMILES string of the molecule is CS(=O)(=O)c1ccc(CC[C@@]2([C@@]3(C(F)(F)F)CCO3)CCN(C3(c4ccc(Cl)cc4)CC3)C2)nc1. The summed E-state index contributed by atoms with van der Waals surface area (Å²) in [5.41, 5.74) is -1.87. The summed E-state index contributed by atoms with van der Waals surface area (Å²) in [4.78, 5) is 6.54. The van der Waals surface area contributed by atoms with E-state index in [1.165, 1.54) is 12.3 Å². The largest absolute Gasteiger partial charge is 0.418 e. The minimum Gasteiger partial charge on any atom is -0.365 e. The molecular weight excluding hydrogens is 501 g/mol. The molecule has 0 radical (unpaired) electrons.